The number of phenolic OH excluding ortho intramolecular Hbond substituents is 1. The number of rotatable bonds is 9. The lowest BCUT2D eigenvalue weighted by atomic mass is 9.52. The molecule has 0 bridgehead atoms. The van der Waals surface area contributed by atoms with Crippen LogP contribution in [0.5, 0.6) is 23.0 Å². The topological polar surface area (TPSA) is 58.9 Å². The summed E-state index contributed by atoms with van der Waals surface area (Å²) in [5, 5.41) is 22.0. The van der Waals surface area contributed by atoms with Crippen molar-refractivity contribution in [2.45, 2.75) is 90.3 Å². The lowest BCUT2D eigenvalue weighted by Gasteiger charge is -2.57. The van der Waals surface area contributed by atoms with Gasteiger partial charge in [-0.2, -0.15) is 0 Å². The van der Waals surface area contributed by atoms with E-state index in [0.29, 0.717) is 23.7 Å². The molecule has 4 nitrogen and oxygen atoms in total. The van der Waals surface area contributed by atoms with Gasteiger partial charge in [-0.1, -0.05) is 31.2 Å². The Morgan fingerprint density at radius 2 is 1.68 bits per heavy atom. The summed E-state index contributed by atoms with van der Waals surface area (Å²) < 4.78 is 13.2. The average Bonchev–Trinajstić information content (AvgIpc) is 2.82. The van der Waals surface area contributed by atoms with Crippen molar-refractivity contribution >= 4 is 0 Å². The number of fused-ring (bicyclic) bond motifs is 1. The maximum absolute atomic E-state index is 11.2. The summed E-state index contributed by atoms with van der Waals surface area (Å²) in [6.07, 6.45) is 11.3. The number of benzene rings is 2. The van der Waals surface area contributed by atoms with Crippen molar-refractivity contribution in [1.29, 1.82) is 0 Å². The van der Waals surface area contributed by atoms with Gasteiger partial charge in [0, 0.05) is 5.92 Å². The van der Waals surface area contributed by atoms with Gasteiger partial charge in [0.05, 0.1) is 5.60 Å². The molecule has 0 spiro atoms. The van der Waals surface area contributed by atoms with Crippen molar-refractivity contribution in [3.05, 3.63) is 72.8 Å². The second kappa shape index (κ2) is 10.6. The largest absolute Gasteiger partial charge is 0.504 e. The minimum atomic E-state index is -0.722. The molecule has 2 fully saturated rings. The van der Waals surface area contributed by atoms with Gasteiger partial charge in [-0.05, 0) is 119 Å². The van der Waals surface area contributed by atoms with Gasteiger partial charge in [-0.25, -0.2) is 0 Å². The molecule has 0 aliphatic heterocycles. The fourth-order valence-corrected chi connectivity index (χ4v) is 6.76. The summed E-state index contributed by atoms with van der Waals surface area (Å²) in [5.74, 6) is 2.15. The Labute approximate surface area is 223 Å². The molecule has 0 radical (unpaired) electrons. The lowest BCUT2D eigenvalue weighted by molar-refractivity contribution is -0.132. The molecule has 200 valence electrons. The van der Waals surface area contributed by atoms with Crippen LogP contribution in [0.4, 0.5) is 0 Å². The predicted molar refractivity (Wildman–Crippen MR) is 151 cm³/mol. The van der Waals surface area contributed by atoms with Gasteiger partial charge < -0.3 is 19.7 Å². The van der Waals surface area contributed by atoms with Crippen LogP contribution in [-0.2, 0) is 12.8 Å². The first kappa shape index (κ1) is 27.3. The van der Waals surface area contributed by atoms with E-state index in [1.165, 1.54) is 6.42 Å². The molecule has 0 amide bonds. The number of allylic oxidation sites excluding steroid dienone is 2. The molecule has 2 aliphatic carbocycles. The van der Waals surface area contributed by atoms with Gasteiger partial charge in [0.1, 0.15) is 11.4 Å². The molecule has 4 atom stereocenters. The van der Waals surface area contributed by atoms with Crippen LogP contribution in [0.2, 0.25) is 0 Å². The molecular formula is C33H44O4. The molecule has 4 rings (SSSR count). The average molecular weight is 505 g/mol. The minimum absolute atomic E-state index is 0.0842. The van der Waals surface area contributed by atoms with Gasteiger partial charge in [-0.3, -0.25) is 0 Å². The van der Waals surface area contributed by atoms with Gasteiger partial charge in [0.2, 0.25) is 5.75 Å². The molecule has 2 aromatic rings. The van der Waals surface area contributed by atoms with Crippen LogP contribution in [0.3, 0.4) is 0 Å². The zero-order chi connectivity index (χ0) is 26.8. The molecule has 2 aliphatic rings. The highest BCUT2D eigenvalue weighted by Crippen LogP contribution is 2.58. The minimum Gasteiger partial charge on any atom is -0.504 e. The summed E-state index contributed by atoms with van der Waals surface area (Å²) in [6.45, 7) is 16.1. The first-order valence-electron chi connectivity index (χ1n) is 13.7. The van der Waals surface area contributed by atoms with Gasteiger partial charge in [0.15, 0.2) is 11.5 Å². The predicted octanol–water partition coefficient (Wildman–Crippen LogP) is 8.16. The summed E-state index contributed by atoms with van der Waals surface area (Å²) in [6, 6.07) is 11.6. The number of hydrogen-bond acceptors (Lipinski definition) is 4. The lowest BCUT2D eigenvalue weighted by Crippen LogP contribution is -2.56. The van der Waals surface area contributed by atoms with Crippen molar-refractivity contribution in [3.8, 4) is 23.0 Å². The Bertz CT molecular complexity index is 1110. The maximum atomic E-state index is 11.2. The number of ether oxygens (including phenoxy) is 2. The molecule has 37 heavy (non-hydrogen) atoms. The SMILES string of the molecule is C=CCc1ccc(Oc2cc(CC=C)cc(O)c2OC2(C)CCCC3(C)CCC(C(C)(C)O)CC32)cc1. The van der Waals surface area contributed by atoms with Crippen LogP contribution >= 0.6 is 0 Å². The van der Waals surface area contributed by atoms with Crippen LogP contribution in [0.25, 0.3) is 0 Å². The Balaban J connectivity index is 1.69. The van der Waals surface area contributed by atoms with E-state index in [4.69, 9.17) is 9.47 Å². The number of aromatic hydroxyl groups is 1. The molecule has 4 heteroatoms. The van der Waals surface area contributed by atoms with Crippen LogP contribution in [-0.4, -0.2) is 21.4 Å². The van der Waals surface area contributed by atoms with Crippen molar-refractivity contribution < 1.29 is 19.7 Å². The molecule has 0 aromatic heterocycles. The highest BCUT2D eigenvalue weighted by atomic mass is 16.5. The zero-order valence-electron chi connectivity index (χ0n) is 23.1. The summed E-state index contributed by atoms with van der Waals surface area (Å²) in [4.78, 5) is 0. The molecule has 2 N–H and O–H groups in total. The summed E-state index contributed by atoms with van der Waals surface area (Å²) in [7, 11) is 0. The van der Waals surface area contributed by atoms with E-state index in [0.717, 1.165) is 49.7 Å². The molecule has 0 saturated heterocycles. The van der Waals surface area contributed by atoms with E-state index in [-0.39, 0.29) is 23.0 Å². The number of aliphatic hydroxyl groups is 1. The molecule has 2 saturated carbocycles. The van der Waals surface area contributed by atoms with Crippen LogP contribution in [0, 0.1) is 17.3 Å². The Hall–Kier alpha value is -2.72. The Morgan fingerprint density at radius 3 is 2.32 bits per heavy atom. The van der Waals surface area contributed by atoms with Crippen molar-refractivity contribution in [3.63, 3.8) is 0 Å². The third-order valence-electron chi connectivity index (χ3n) is 8.92. The van der Waals surface area contributed by atoms with Crippen LogP contribution < -0.4 is 9.47 Å². The van der Waals surface area contributed by atoms with Crippen LogP contribution in [0.15, 0.2) is 61.7 Å². The van der Waals surface area contributed by atoms with Crippen molar-refractivity contribution in [2.75, 3.05) is 0 Å². The third-order valence-corrected chi connectivity index (χ3v) is 8.92. The van der Waals surface area contributed by atoms with Gasteiger partial charge in [-0.15, -0.1) is 13.2 Å². The fraction of sp³-hybridized carbons (Fsp3) is 0.515. The Kier molecular flexibility index (Phi) is 7.80. The highest BCUT2D eigenvalue weighted by molar-refractivity contribution is 5.55. The normalized spacial score (nSPS) is 27.7. The summed E-state index contributed by atoms with van der Waals surface area (Å²) in [5.41, 5.74) is 1.02. The highest BCUT2D eigenvalue weighted by Gasteiger charge is 2.54. The van der Waals surface area contributed by atoms with Gasteiger partial charge >= 0.3 is 0 Å². The van der Waals surface area contributed by atoms with Crippen molar-refractivity contribution in [2.24, 2.45) is 17.3 Å². The van der Waals surface area contributed by atoms with E-state index in [1.54, 1.807) is 6.07 Å². The van der Waals surface area contributed by atoms with E-state index >= 15 is 0 Å². The van der Waals surface area contributed by atoms with Crippen molar-refractivity contribution in [1.82, 2.24) is 0 Å². The zero-order valence-corrected chi connectivity index (χ0v) is 23.1. The molecule has 0 heterocycles. The van der Waals surface area contributed by atoms with Crippen LogP contribution in [0.1, 0.15) is 77.3 Å². The van der Waals surface area contributed by atoms with E-state index < -0.39 is 11.2 Å². The first-order chi connectivity index (χ1) is 17.5. The Morgan fingerprint density at radius 1 is 1.00 bits per heavy atom. The standard InChI is InChI=1S/C33H44O4/c1-7-10-23-12-14-26(15-13-23)36-28-21-24(11-8-2)20-27(34)30(28)37-33(6)18-9-17-32(5)19-16-25(22-29(32)33)31(3,4)35/h7-8,12-15,20-21,25,29,34-35H,1-2,9-11,16-19,22H2,3-6H3. The second-order valence-corrected chi connectivity index (χ2v) is 12.3. The molecule has 2 aromatic carbocycles. The smallest absolute Gasteiger partial charge is 0.204 e. The molecular weight excluding hydrogens is 460 g/mol. The fourth-order valence-electron chi connectivity index (χ4n) is 6.76. The summed E-state index contributed by atoms with van der Waals surface area (Å²) >= 11 is 0. The van der Waals surface area contributed by atoms with Gasteiger partial charge in [0.25, 0.3) is 0 Å². The molecule has 4 unspecified atom stereocenters. The first-order valence-corrected chi connectivity index (χ1v) is 13.7. The monoisotopic (exact) mass is 504 g/mol. The second-order valence-electron chi connectivity index (χ2n) is 12.3. The van der Waals surface area contributed by atoms with E-state index in [9.17, 15) is 10.2 Å². The van der Waals surface area contributed by atoms with E-state index in [1.807, 2.05) is 56.3 Å². The quantitative estimate of drug-likeness (QED) is 0.338. The van der Waals surface area contributed by atoms with E-state index in [2.05, 4.69) is 27.0 Å². The third kappa shape index (κ3) is 5.90. The number of hydrogen-bond donors (Lipinski definition) is 2. The maximum Gasteiger partial charge on any atom is 0.204 e. The number of phenols is 1.